The van der Waals surface area contributed by atoms with Crippen LogP contribution in [0.1, 0.15) is 36.1 Å². The van der Waals surface area contributed by atoms with Gasteiger partial charge in [0.25, 0.3) is 0 Å². The number of carbonyl (C=O) groups excluding carboxylic acids is 1. The van der Waals surface area contributed by atoms with E-state index >= 15 is 0 Å². The Balaban J connectivity index is 1.73. The normalized spacial score (nSPS) is 23.5. The van der Waals surface area contributed by atoms with Crippen LogP contribution in [0.15, 0.2) is 18.2 Å². The fourth-order valence-corrected chi connectivity index (χ4v) is 3.43. The third-order valence-corrected chi connectivity index (χ3v) is 4.55. The van der Waals surface area contributed by atoms with Crippen molar-refractivity contribution in [2.75, 3.05) is 26.2 Å². The fourth-order valence-electron chi connectivity index (χ4n) is 3.43. The van der Waals surface area contributed by atoms with Crippen LogP contribution in [0.3, 0.4) is 0 Å². The van der Waals surface area contributed by atoms with Crippen molar-refractivity contribution in [3.05, 3.63) is 34.9 Å². The van der Waals surface area contributed by atoms with Crippen molar-refractivity contribution in [1.29, 1.82) is 0 Å². The van der Waals surface area contributed by atoms with Crippen molar-refractivity contribution >= 4 is 5.91 Å². The van der Waals surface area contributed by atoms with Crippen molar-refractivity contribution in [2.24, 2.45) is 0 Å². The zero-order valence-electron chi connectivity index (χ0n) is 11.9. The molecule has 1 fully saturated rings. The lowest BCUT2D eigenvalue weighted by molar-refractivity contribution is -0.130. The first-order chi connectivity index (χ1) is 9.15. The first kappa shape index (κ1) is 12.7. The molecule has 1 aliphatic carbocycles. The summed E-state index contributed by atoms with van der Waals surface area (Å²) < 4.78 is 0. The topological polar surface area (TPSA) is 23.6 Å². The minimum atomic E-state index is 0.210. The highest BCUT2D eigenvalue weighted by atomic mass is 16.2. The molecular weight excluding hydrogens is 236 g/mol. The van der Waals surface area contributed by atoms with Gasteiger partial charge < -0.3 is 4.90 Å². The lowest BCUT2D eigenvalue weighted by atomic mass is 10.0. The maximum absolute atomic E-state index is 11.4. The first-order valence-corrected chi connectivity index (χ1v) is 7.24. The molecule has 3 rings (SSSR count). The molecule has 0 N–H and O–H groups in total. The van der Waals surface area contributed by atoms with E-state index < -0.39 is 0 Å². The van der Waals surface area contributed by atoms with Gasteiger partial charge >= 0.3 is 0 Å². The summed E-state index contributed by atoms with van der Waals surface area (Å²) in [5.74, 6) is 0.210. The lowest BCUT2D eigenvalue weighted by Crippen LogP contribution is -2.48. The Morgan fingerprint density at radius 3 is 2.63 bits per heavy atom. The number of piperazine rings is 1. The standard InChI is InChI=1S/C16H22N2O/c1-12-3-4-14-5-6-16(15(14)11-12)18-9-7-17(8-10-18)13(2)19/h3-4,11,16H,5-10H2,1-2H3. The molecule has 19 heavy (non-hydrogen) atoms. The Kier molecular flexibility index (Phi) is 3.31. The minimum absolute atomic E-state index is 0.210. The molecule has 1 saturated heterocycles. The monoisotopic (exact) mass is 258 g/mol. The van der Waals surface area contributed by atoms with Gasteiger partial charge in [-0.1, -0.05) is 23.8 Å². The maximum atomic E-state index is 11.4. The molecule has 0 aromatic heterocycles. The Hall–Kier alpha value is -1.35. The number of benzene rings is 1. The maximum Gasteiger partial charge on any atom is 0.219 e. The largest absolute Gasteiger partial charge is 0.340 e. The zero-order valence-corrected chi connectivity index (χ0v) is 11.9. The summed E-state index contributed by atoms with van der Waals surface area (Å²) >= 11 is 0. The van der Waals surface area contributed by atoms with E-state index in [1.807, 2.05) is 4.90 Å². The van der Waals surface area contributed by atoms with Gasteiger partial charge in [0.2, 0.25) is 5.91 Å². The predicted octanol–water partition coefficient (Wildman–Crippen LogP) is 2.15. The molecule has 1 aliphatic heterocycles. The zero-order chi connectivity index (χ0) is 13.4. The molecule has 1 atom stereocenters. The van der Waals surface area contributed by atoms with Crippen LogP contribution in [0, 0.1) is 6.92 Å². The molecule has 1 aromatic rings. The van der Waals surface area contributed by atoms with Gasteiger partial charge in [-0.15, -0.1) is 0 Å². The van der Waals surface area contributed by atoms with Gasteiger partial charge in [0.15, 0.2) is 0 Å². The third-order valence-electron chi connectivity index (χ3n) is 4.55. The summed E-state index contributed by atoms with van der Waals surface area (Å²) in [6.07, 6.45) is 2.44. The van der Waals surface area contributed by atoms with E-state index in [1.165, 1.54) is 29.5 Å². The second kappa shape index (κ2) is 4.97. The summed E-state index contributed by atoms with van der Waals surface area (Å²) in [6, 6.07) is 7.43. The van der Waals surface area contributed by atoms with Crippen molar-refractivity contribution in [2.45, 2.75) is 32.7 Å². The SMILES string of the molecule is CC(=O)N1CCN(C2CCc3ccc(C)cc32)CC1. The first-order valence-electron chi connectivity index (χ1n) is 7.24. The van der Waals surface area contributed by atoms with Gasteiger partial charge in [0, 0.05) is 39.1 Å². The molecule has 0 bridgehead atoms. The summed E-state index contributed by atoms with van der Waals surface area (Å²) in [7, 11) is 0. The van der Waals surface area contributed by atoms with Gasteiger partial charge in [-0.05, 0) is 30.9 Å². The van der Waals surface area contributed by atoms with Crippen LogP contribution in [0.4, 0.5) is 0 Å². The minimum Gasteiger partial charge on any atom is -0.340 e. The molecule has 1 heterocycles. The van der Waals surface area contributed by atoms with Crippen molar-refractivity contribution in [1.82, 2.24) is 9.80 Å². The Morgan fingerprint density at radius 2 is 1.95 bits per heavy atom. The second-order valence-corrected chi connectivity index (χ2v) is 5.80. The predicted molar refractivity (Wildman–Crippen MR) is 76.1 cm³/mol. The highest BCUT2D eigenvalue weighted by molar-refractivity contribution is 5.73. The molecular formula is C16H22N2O. The van der Waals surface area contributed by atoms with E-state index in [-0.39, 0.29) is 5.91 Å². The van der Waals surface area contributed by atoms with E-state index in [0.717, 1.165) is 26.2 Å². The van der Waals surface area contributed by atoms with Crippen molar-refractivity contribution in [3.8, 4) is 0 Å². The molecule has 3 nitrogen and oxygen atoms in total. The summed E-state index contributed by atoms with van der Waals surface area (Å²) in [5.41, 5.74) is 4.40. The Bertz CT molecular complexity index is 490. The smallest absolute Gasteiger partial charge is 0.219 e. The third kappa shape index (κ3) is 2.39. The van der Waals surface area contributed by atoms with Crippen molar-refractivity contribution < 1.29 is 4.79 Å². The molecule has 2 aliphatic rings. The molecule has 1 amide bonds. The highest BCUT2D eigenvalue weighted by Gasteiger charge is 2.30. The van der Waals surface area contributed by atoms with Gasteiger partial charge in [-0.2, -0.15) is 0 Å². The van der Waals surface area contributed by atoms with Crippen LogP contribution in [0.5, 0.6) is 0 Å². The van der Waals surface area contributed by atoms with Gasteiger partial charge in [0.05, 0.1) is 0 Å². The molecule has 0 radical (unpaired) electrons. The average molecular weight is 258 g/mol. The van der Waals surface area contributed by atoms with Crippen LogP contribution in [0.25, 0.3) is 0 Å². The van der Waals surface area contributed by atoms with Gasteiger partial charge in [0.1, 0.15) is 0 Å². The van der Waals surface area contributed by atoms with Gasteiger partial charge in [-0.25, -0.2) is 0 Å². The summed E-state index contributed by atoms with van der Waals surface area (Å²) in [5, 5.41) is 0. The number of aryl methyl sites for hydroxylation is 2. The highest BCUT2D eigenvalue weighted by Crippen LogP contribution is 2.36. The van der Waals surface area contributed by atoms with Crippen LogP contribution in [-0.4, -0.2) is 41.9 Å². The quantitative estimate of drug-likeness (QED) is 0.770. The van der Waals surface area contributed by atoms with Crippen LogP contribution in [0.2, 0.25) is 0 Å². The number of fused-ring (bicyclic) bond motifs is 1. The fraction of sp³-hybridized carbons (Fsp3) is 0.562. The number of rotatable bonds is 1. The number of hydrogen-bond acceptors (Lipinski definition) is 2. The van der Waals surface area contributed by atoms with Crippen LogP contribution < -0.4 is 0 Å². The number of carbonyl (C=O) groups is 1. The van der Waals surface area contributed by atoms with E-state index in [9.17, 15) is 4.79 Å². The molecule has 1 unspecified atom stereocenters. The lowest BCUT2D eigenvalue weighted by Gasteiger charge is -2.38. The summed E-state index contributed by atoms with van der Waals surface area (Å²) in [4.78, 5) is 15.9. The van der Waals surface area contributed by atoms with E-state index in [1.54, 1.807) is 6.92 Å². The van der Waals surface area contributed by atoms with E-state index in [4.69, 9.17) is 0 Å². The average Bonchev–Trinajstić information content (AvgIpc) is 2.81. The number of hydrogen-bond donors (Lipinski definition) is 0. The number of nitrogens with zero attached hydrogens (tertiary/aromatic N) is 2. The summed E-state index contributed by atoms with van der Waals surface area (Å²) in [6.45, 7) is 7.63. The van der Waals surface area contributed by atoms with Crippen LogP contribution in [-0.2, 0) is 11.2 Å². The van der Waals surface area contributed by atoms with E-state index in [0.29, 0.717) is 6.04 Å². The molecule has 0 spiro atoms. The Labute approximate surface area is 115 Å². The van der Waals surface area contributed by atoms with Gasteiger partial charge in [-0.3, -0.25) is 9.69 Å². The van der Waals surface area contributed by atoms with Crippen molar-refractivity contribution in [3.63, 3.8) is 0 Å². The number of amides is 1. The van der Waals surface area contributed by atoms with Crippen LogP contribution >= 0.6 is 0 Å². The Morgan fingerprint density at radius 1 is 1.21 bits per heavy atom. The van der Waals surface area contributed by atoms with E-state index in [2.05, 4.69) is 30.0 Å². The molecule has 0 saturated carbocycles. The second-order valence-electron chi connectivity index (χ2n) is 5.80. The molecule has 3 heteroatoms. The molecule has 1 aromatic carbocycles. The molecule has 102 valence electrons.